The topological polar surface area (TPSA) is 97.7 Å². The molecule has 1 unspecified atom stereocenters. The van der Waals surface area contributed by atoms with Crippen molar-refractivity contribution in [2.75, 3.05) is 23.0 Å². The van der Waals surface area contributed by atoms with E-state index in [1.165, 1.54) is 23.8 Å². The molecule has 0 aliphatic carbocycles. The molecule has 11 heteroatoms. The first-order chi connectivity index (χ1) is 14.6. The third kappa shape index (κ3) is 4.70. The van der Waals surface area contributed by atoms with Gasteiger partial charge in [-0.3, -0.25) is 13.9 Å². The summed E-state index contributed by atoms with van der Waals surface area (Å²) in [4.78, 5) is 24.8. The van der Waals surface area contributed by atoms with Crippen molar-refractivity contribution in [3.8, 4) is 5.75 Å². The third-order valence-electron chi connectivity index (χ3n) is 4.78. The van der Waals surface area contributed by atoms with Crippen LogP contribution in [0.5, 0.6) is 5.75 Å². The summed E-state index contributed by atoms with van der Waals surface area (Å²) in [6, 6.07) is 8.63. The van der Waals surface area contributed by atoms with Gasteiger partial charge in [0, 0.05) is 12.7 Å². The van der Waals surface area contributed by atoms with Gasteiger partial charge in [-0.25, -0.2) is 8.42 Å². The molecule has 31 heavy (non-hydrogen) atoms. The molecule has 1 amide bonds. The van der Waals surface area contributed by atoms with Crippen LogP contribution < -0.4 is 19.2 Å². The first-order valence-corrected chi connectivity index (χ1v) is 12.3. The molecule has 0 radical (unpaired) electrons. The standard InChI is InChI=1S/C20H22ClN3O5S2/c1-5-15(24(31(4,27)28)13-7-9-17(29-3)14(21)11-13)19(25)22-12-6-8-16-18(10-12)30-20(26)23(16)2/h6-11,15H,5H2,1-4H3,(H,22,25). The molecule has 166 valence electrons. The van der Waals surface area contributed by atoms with E-state index in [-0.39, 0.29) is 22.0 Å². The number of amides is 1. The molecule has 0 saturated carbocycles. The zero-order chi connectivity index (χ0) is 22.9. The second kappa shape index (κ2) is 8.89. The largest absolute Gasteiger partial charge is 0.495 e. The van der Waals surface area contributed by atoms with Gasteiger partial charge in [0.15, 0.2) is 0 Å². The maximum absolute atomic E-state index is 13.1. The number of carbonyl (C=O) groups excluding carboxylic acids is 1. The number of anilines is 2. The van der Waals surface area contributed by atoms with Crippen LogP contribution in [0, 0.1) is 0 Å². The van der Waals surface area contributed by atoms with Gasteiger partial charge in [0.25, 0.3) is 0 Å². The molecule has 8 nitrogen and oxygen atoms in total. The number of methoxy groups -OCH3 is 1. The summed E-state index contributed by atoms with van der Waals surface area (Å²) in [6.45, 7) is 1.72. The van der Waals surface area contributed by atoms with Gasteiger partial charge in [0.2, 0.25) is 15.9 Å². The number of benzene rings is 2. The van der Waals surface area contributed by atoms with E-state index >= 15 is 0 Å². The Labute approximate surface area is 189 Å². The average molecular weight is 484 g/mol. The molecule has 1 heterocycles. The highest BCUT2D eigenvalue weighted by Crippen LogP contribution is 2.32. The number of sulfonamides is 1. The minimum atomic E-state index is -3.81. The third-order valence-corrected chi connectivity index (χ3v) is 7.25. The van der Waals surface area contributed by atoms with Crippen molar-refractivity contribution in [3.05, 3.63) is 51.1 Å². The highest BCUT2D eigenvalue weighted by atomic mass is 35.5. The molecule has 3 rings (SSSR count). The molecule has 0 saturated heterocycles. The summed E-state index contributed by atoms with van der Waals surface area (Å²) in [6.07, 6.45) is 1.26. The lowest BCUT2D eigenvalue weighted by Gasteiger charge is -2.30. The Morgan fingerprint density at radius 3 is 2.58 bits per heavy atom. The number of halogens is 1. The number of nitrogens with one attached hydrogen (secondary N) is 1. The quantitative estimate of drug-likeness (QED) is 0.555. The summed E-state index contributed by atoms with van der Waals surface area (Å²) in [5.41, 5.74) is 1.48. The molecular formula is C20H22ClN3O5S2. The van der Waals surface area contributed by atoms with Crippen LogP contribution in [0.2, 0.25) is 5.02 Å². The minimum absolute atomic E-state index is 0.107. The van der Waals surface area contributed by atoms with Crippen LogP contribution in [-0.4, -0.2) is 38.3 Å². The van der Waals surface area contributed by atoms with Gasteiger partial charge in [-0.2, -0.15) is 0 Å². The van der Waals surface area contributed by atoms with Crippen molar-refractivity contribution >= 4 is 60.5 Å². The number of nitrogens with zero attached hydrogens (tertiary/aromatic N) is 2. The lowest BCUT2D eigenvalue weighted by Crippen LogP contribution is -2.47. The minimum Gasteiger partial charge on any atom is -0.495 e. The zero-order valence-electron chi connectivity index (χ0n) is 17.4. The van der Waals surface area contributed by atoms with Gasteiger partial charge < -0.3 is 14.6 Å². The van der Waals surface area contributed by atoms with Gasteiger partial charge in [0.05, 0.1) is 34.3 Å². The number of carbonyl (C=O) groups is 1. The molecule has 0 aliphatic rings. The second-order valence-electron chi connectivity index (χ2n) is 6.90. The van der Waals surface area contributed by atoms with E-state index in [1.807, 2.05) is 0 Å². The Kier molecular flexibility index (Phi) is 6.63. The van der Waals surface area contributed by atoms with E-state index < -0.39 is 22.0 Å². The normalized spacial score (nSPS) is 12.5. The van der Waals surface area contributed by atoms with Gasteiger partial charge in [-0.15, -0.1) is 0 Å². The average Bonchev–Trinajstić information content (AvgIpc) is 2.98. The Morgan fingerprint density at radius 2 is 2.00 bits per heavy atom. The molecule has 0 fully saturated rings. The smallest absolute Gasteiger partial charge is 0.307 e. The van der Waals surface area contributed by atoms with E-state index in [1.54, 1.807) is 38.2 Å². The molecule has 0 aliphatic heterocycles. The molecule has 1 aromatic heterocycles. The lowest BCUT2D eigenvalue weighted by molar-refractivity contribution is -0.117. The molecule has 3 aromatic rings. The highest BCUT2D eigenvalue weighted by molar-refractivity contribution is 7.92. The second-order valence-corrected chi connectivity index (χ2v) is 10.2. The van der Waals surface area contributed by atoms with Crippen molar-refractivity contribution in [2.45, 2.75) is 19.4 Å². The fraction of sp³-hybridized carbons (Fsp3) is 0.300. The number of aromatic nitrogens is 1. The number of fused-ring (bicyclic) bond motifs is 1. The number of aryl methyl sites for hydroxylation is 1. The van der Waals surface area contributed by atoms with E-state index in [0.29, 0.717) is 11.4 Å². The molecular weight excluding hydrogens is 462 g/mol. The van der Waals surface area contributed by atoms with E-state index in [9.17, 15) is 18.0 Å². The number of rotatable bonds is 7. The van der Waals surface area contributed by atoms with Crippen LogP contribution in [0.25, 0.3) is 10.2 Å². The van der Waals surface area contributed by atoms with Crippen molar-refractivity contribution in [1.82, 2.24) is 4.57 Å². The Hall–Kier alpha value is -2.56. The molecule has 1 N–H and O–H groups in total. The van der Waals surface area contributed by atoms with Crippen molar-refractivity contribution in [2.24, 2.45) is 7.05 Å². The molecule has 2 aromatic carbocycles. The van der Waals surface area contributed by atoms with Gasteiger partial charge in [-0.1, -0.05) is 29.9 Å². The van der Waals surface area contributed by atoms with Crippen LogP contribution in [-0.2, 0) is 21.9 Å². The molecule has 0 spiro atoms. The van der Waals surface area contributed by atoms with E-state index in [4.69, 9.17) is 16.3 Å². The molecule has 1 atom stereocenters. The first kappa shape index (κ1) is 23.1. The SMILES string of the molecule is CCC(C(=O)Nc1ccc2c(c1)sc(=O)n2C)N(c1ccc(OC)c(Cl)c1)S(C)(=O)=O. The summed E-state index contributed by atoms with van der Waals surface area (Å²) in [7, 11) is -0.676. The summed E-state index contributed by atoms with van der Waals surface area (Å²) >= 11 is 7.25. The summed E-state index contributed by atoms with van der Waals surface area (Å²) in [5, 5.41) is 3.00. The summed E-state index contributed by atoms with van der Waals surface area (Å²) in [5.74, 6) is -0.103. The van der Waals surface area contributed by atoms with Crippen molar-refractivity contribution < 1.29 is 17.9 Å². The van der Waals surface area contributed by atoms with Gasteiger partial charge in [-0.05, 0) is 42.8 Å². The number of ether oxygens (including phenoxy) is 1. The van der Waals surface area contributed by atoms with Crippen LogP contribution in [0.15, 0.2) is 41.2 Å². The highest BCUT2D eigenvalue weighted by Gasteiger charge is 2.32. The van der Waals surface area contributed by atoms with E-state index in [0.717, 1.165) is 32.1 Å². The van der Waals surface area contributed by atoms with Crippen LogP contribution in [0.1, 0.15) is 13.3 Å². The Balaban J connectivity index is 1.96. The Morgan fingerprint density at radius 1 is 1.29 bits per heavy atom. The number of hydrogen-bond donors (Lipinski definition) is 1. The maximum atomic E-state index is 13.1. The fourth-order valence-electron chi connectivity index (χ4n) is 3.29. The predicted molar refractivity (Wildman–Crippen MR) is 125 cm³/mol. The van der Waals surface area contributed by atoms with Crippen LogP contribution in [0.4, 0.5) is 11.4 Å². The van der Waals surface area contributed by atoms with E-state index in [2.05, 4.69) is 5.32 Å². The fourth-order valence-corrected chi connectivity index (χ4v) is 5.66. The maximum Gasteiger partial charge on any atom is 0.307 e. The van der Waals surface area contributed by atoms with Gasteiger partial charge >= 0.3 is 4.87 Å². The summed E-state index contributed by atoms with van der Waals surface area (Å²) < 4.78 is 33.6. The van der Waals surface area contributed by atoms with Crippen LogP contribution in [0.3, 0.4) is 0 Å². The number of thiazole rings is 1. The Bertz CT molecular complexity index is 1300. The molecule has 0 bridgehead atoms. The van der Waals surface area contributed by atoms with Crippen molar-refractivity contribution in [3.63, 3.8) is 0 Å². The first-order valence-electron chi connectivity index (χ1n) is 9.30. The zero-order valence-corrected chi connectivity index (χ0v) is 19.8. The van der Waals surface area contributed by atoms with Gasteiger partial charge in [0.1, 0.15) is 11.8 Å². The number of hydrogen-bond acceptors (Lipinski definition) is 6. The monoisotopic (exact) mass is 483 g/mol. The lowest BCUT2D eigenvalue weighted by atomic mass is 10.1. The van der Waals surface area contributed by atoms with Crippen molar-refractivity contribution in [1.29, 1.82) is 0 Å². The van der Waals surface area contributed by atoms with Crippen LogP contribution >= 0.6 is 22.9 Å². The predicted octanol–water partition coefficient (Wildman–Crippen LogP) is 3.45.